The molecule has 2 amide bonds. The fourth-order valence-corrected chi connectivity index (χ4v) is 2.84. The highest BCUT2D eigenvalue weighted by molar-refractivity contribution is 8.00. The summed E-state index contributed by atoms with van der Waals surface area (Å²) in [5.74, 6) is -0.160. The summed E-state index contributed by atoms with van der Waals surface area (Å²) in [5.41, 5.74) is 0.291. The predicted molar refractivity (Wildman–Crippen MR) is 61.9 cm³/mol. The Morgan fingerprint density at radius 3 is 2.50 bits per heavy atom. The van der Waals surface area contributed by atoms with Gasteiger partial charge in [0.15, 0.2) is 10.9 Å². The molecule has 0 unspecified atom stereocenters. The number of Topliss-reactive ketones (excluding diaryl/α,β-unsaturated/α-hetero) is 1. The van der Waals surface area contributed by atoms with Crippen molar-refractivity contribution in [2.24, 2.45) is 0 Å². The van der Waals surface area contributed by atoms with Crippen molar-refractivity contribution in [3.63, 3.8) is 0 Å². The van der Waals surface area contributed by atoms with Gasteiger partial charge in [-0.05, 0) is 0 Å². The second-order valence-electron chi connectivity index (χ2n) is 3.19. The quantitative estimate of drug-likeness (QED) is 0.582. The zero-order valence-electron chi connectivity index (χ0n) is 8.43. The molecule has 5 nitrogen and oxygen atoms in total. The summed E-state index contributed by atoms with van der Waals surface area (Å²) in [4.78, 5) is 39.2. The Morgan fingerprint density at radius 2 is 2.00 bits per heavy atom. The van der Waals surface area contributed by atoms with Crippen LogP contribution in [0.15, 0.2) is 5.38 Å². The number of carbonyl (C=O) groups is 3. The zero-order chi connectivity index (χ0) is 11.7. The minimum Gasteiger partial charge on any atom is -0.293 e. The Morgan fingerprint density at radius 1 is 1.38 bits per heavy atom. The van der Waals surface area contributed by atoms with Gasteiger partial charge in [-0.1, -0.05) is 0 Å². The Labute approximate surface area is 99.8 Å². The van der Waals surface area contributed by atoms with Crippen LogP contribution >= 0.6 is 23.1 Å². The van der Waals surface area contributed by atoms with Crippen LogP contribution in [0.2, 0.25) is 0 Å². The number of nitrogens with zero attached hydrogens (tertiary/aromatic N) is 2. The van der Waals surface area contributed by atoms with Crippen LogP contribution in [0, 0.1) is 0 Å². The zero-order valence-corrected chi connectivity index (χ0v) is 10.1. The van der Waals surface area contributed by atoms with Crippen LogP contribution in [0.1, 0.15) is 17.4 Å². The van der Waals surface area contributed by atoms with Crippen LogP contribution in [0.5, 0.6) is 0 Å². The van der Waals surface area contributed by atoms with Gasteiger partial charge in [0.05, 0.1) is 11.5 Å². The number of thiazole rings is 1. The average molecular weight is 256 g/mol. The van der Waals surface area contributed by atoms with E-state index in [1.54, 1.807) is 5.38 Å². The molecule has 2 rings (SSSR count). The van der Waals surface area contributed by atoms with E-state index in [0.717, 1.165) is 16.2 Å². The van der Waals surface area contributed by atoms with E-state index in [-0.39, 0.29) is 29.1 Å². The maximum absolute atomic E-state index is 11.6. The van der Waals surface area contributed by atoms with Gasteiger partial charge in [0.2, 0.25) is 11.8 Å². The van der Waals surface area contributed by atoms with E-state index < -0.39 is 0 Å². The topological polar surface area (TPSA) is 67.3 Å². The molecule has 1 fully saturated rings. The van der Waals surface area contributed by atoms with E-state index in [4.69, 9.17) is 0 Å². The monoisotopic (exact) mass is 256 g/mol. The summed E-state index contributed by atoms with van der Waals surface area (Å²) in [6, 6.07) is 0. The van der Waals surface area contributed by atoms with Crippen molar-refractivity contribution in [1.29, 1.82) is 0 Å². The minimum absolute atomic E-state index is 0.172. The summed E-state index contributed by atoms with van der Waals surface area (Å²) in [5, 5.41) is 1.85. The molecule has 2 heterocycles. The molecule has 1 aromatic rings. The van der Waals surface area contributed by atoms with E-state index in [0.29, 0.717) is 10.8 Å². The highest BCUT2D eigenvalue weighted by Gasteiger charge is 2.30. The van der Waals surface area contributed by atoms with Crippen LogP contribution < -0.4 is 4.90 Å². The molecule has 1 aromatic heterocycles. The third-order valence-electron chi connectivity index (χ3n) is 1.99. The molecule has 0 radical (unpaired) electrons. The number of hydrogen-bond donors (Lipinski definition) is 0. The molecule has 16 heavy (non-hydrogen) atoms. The van der Waals surface area contributed by atoms with Crippen LogP contribution in [0.4, 0.5) is 5.13 Å². The Kier molecular flexibility index (Phi) is 3.06. The van der Waals surface area contributed by atoms with Gasteiger partial charge in [0, 0.05) is 12.3 Å². The fraction of sp³-hybridized carbons (Fsp3) is 0.333. The van der Waals surface area contributed by atoms with Gasteiger partial charge in [-0.2, -0.15) is 0 Å². The van der Waals surface area contributed by atoms with E-state index in [2.05, 4.69) is 4.98 Å². The highest BCUT2D eigenvalue weighted by Crippen LogP contribution is 2.25. The average Bonchev–Trinajstić information content (AvgIpc) is 2.66. The molecule has 1 aliphatic rings. The lowest BCUT2D eigenvalue weighted by Crippen LogP contribution is -2.43. The lowest BCUT2D eigenvalue weighted by atomic mass is 10.4. The Balaban J connectivity index is 2.31. The van der Waals surface area contributed by atoms with Gasteiger partial charge in [0.25, 0.3) is 0 Å². The molecular weight excluding hydrogens is 248 g/mol. The Hall–Kier alpha value is -1.21. The van der Waals surface area contributed by atoms with Gasteiger partial charge in [-0.25, -0.2) is 9.88 Å². The predicted octanol–water partition coefficient (Wildman–Crippen LogP) is 0.952. The second-order valence-corrected chi connectivity index (χ2v) is 5.01. The van der Waals surface area contributed by atoms with Gasteiger partial charge in [-0.15, -0.1) is 23.1 Å². The molecule has 0 aromatic carbocycles. The van der Waals surface area contributed by atoms with Gasteiger partial charge >= 0.3 is 0 Å². The first-order chi connectivity index (χ1) is 7.59. The summed E-state index contributed by atoms with van der Waals surface area (Å²) < 4.78 is 0. The minimum atomic E-state index is -0.272. The third kappa shape index (κ3) is 2.00. The smallest absolute Gasteiger partial charge is 0.245 e. The van der Waals surface area contributed by atoms with Crippen molar-refractivity contribution in [1.82, 2.24) is 4.98 Å². The number of imide groups is 1. The first kappa shape index (κ1) is 11.3. The van der Waals surface area contributed by atoms with E-state index in [1.165, 1.54) is 18.7 Å². The summed E-state index contributed by atoms with van der Waals surface area (Å²) in [7, 11) is 0. The molecule has 84 valence electrons. The third-order valence-corrected chi connectivity index (χ3v) is 3.72. The van der Waals surface area contributed by atoms with E-state index >= 15 is 0 Å². The van der Waals surface area contributed by atoms with E-state index in [1.807, 2.05) is 0 Å². The molecule has 0 aliphatic carbocycles. The standard InChI is InChI=1S/C9H8N2O3S2/c1-5(12)6-2-16-9(10-6)11-7(13)3-15-4-8(11)14/h2H,3-4H2,1H3. The molecule has 0 bridgehead atoms. The van der Waals surface area contributed by atoms with Crippen molar-refractivity contribution in [2.45, 2.75) is 6.92 Å². The van der Waals surface area contributed by atoms with Crippen LogP contribution in [0.25, 0.3) is 0 Å². The van der Waals surface area contributed by atoms with Crippen LogP contribution in [-0.4, -0.2) is 34.1 Å². The summed E-state index contributed by atoms with van der Waals surface area (Å²) in [6.07, 6.45) is 0. The fourth-order valence-electron chi connectivity index (χ4n) is 1.24. The lowest BCUT2D eigenvalue weighted by Gasteiger charge is -2.21. The van der Waals surface area contributed by atoms with Crippen molar-refractivity contribution >= 4 is 45.8 Å². The maximum Gasteiger partial charge on any atom is 0.245 e. The Bertz CT molecular complexity index is 453. The number of amides is 2. The number of hydrogen-bond acceptors (Lipinski definition) is 6. The normalized spacial score (nSPS) is 16.7. The maximum atomic E-state index is 11.6. The van der Waals surface area contributed by atoms with Gasteiger partial charge in [0.1, 0.15) is 5.69 Å². The molecule has 0 spiro atoms. The first-order valence-corrected chi connectivity index (χ1v) is 6.53. The number of rotatable bonds is 2. The van der Waals surface area contributed by atoms with Crippen LogP contribution in [0.3, 0.4) is 0 Å². The highest BCUT2D eigenvalue weighted by atomic mass is 32.2. The summed E-state index contributed by atoms with van der Waals surface area (Å²) >= 11 is 2.43. The van der Waals surface area contributed by atoms with Crippen molar-refractivity contribution in [3.8, 4) is 0 Å². The molecule has 0 atom stereocenters. The van der Waals surface area contributed by atoms with Gasteiger partial charge in [-0.3, -0.25) is 14.4 Å². The van der Waals surface area contributed by atoms with Gasteiger partial charge < -0.3 is 0 Å². The second kappa shape index (κ2) is 4.34. The van der Waals surface area contributed by atoms with Crippen molar-refractivity contribution in [2.75, 3.05) is 16.4 Å². The number of anilines is 1. The molecule has 1 saturated heterocycles. The number of ketones is 1. The lowest BCUT2D eigenvalue weighted by molar-refractivity contribution is -0.124. The molecular formula is C9H8N2O3S2. The van der Waals surface area contributed by atoms with Crippen molar-refractivity contribution in [3.05, 3.63) is 11.1 Å². The molecule has 0 saturated carbocycles. The number of thioether (sulfide) groups is 1. The largest absolute Gasteiger partial charge is 0.293 e. The number of carbonyl (C=O) groups excluding carboxylic acids is 3. The SMILES string of the molecule is CC(=O)c1csc(N2C(=O)CSCC2=O)n1. The summed E-state index contributed by atoms with van der Waals surface area (Å²) in [6.45, 7) is 1.40. The number of aromatic nitrogens is 1. The first-order valence-electron chi connectivity index (χ1n) is 4.49. The van der Waals surface area contributed by atoms with Crippen molar-refractivity contribution < 1.29 is 14.4 Å². The van der Waals surface area contributed by atoms with Crippen LogP contribution in [-0.2, 0) is 9.59 Å². The van der Waals surface area contributed by atoms with E-state index in [9.17, 15) is 14.4 Å². The molecule has 7 heteroatoms. The molecule has 0 N–H and O–H groups in total. The molecule has 1 aliphatic heterocycles.